The largest absolute Gasteiger partial charge is 0.478 e. The van der Waals surface area contributed by atoms with Crippen LogP contribution in [0.3, 0.4) is 0 Å². The Morgan fingerprint density at radius 1 is 0.773 bits per heavy atom. The Morgan fingerprint density at radius 3 is 1.41 bits per heavy atom. The number of anilines is 2. The maximum atomic E-state index is 10.9. The normalized spacial score (nSPS) is 10.1. The summed E-state index contributed by atoms with van der Waals surface area (Å²) in [4.78, 5) is 21.7. The van der Waals surface area contributed by atoms with Gasteiger partial charge in [-0.1, -0.05) is 23.2 Å². The number of aromatic carboxylic acids is 2. The molecule has 2 aromatic carbocycles. The minimum absolute atomic E-state index is 0.000993. The molecule has 22 heavy (non-hydrogen) atoms. The molecule has 0 atom stereocenters. The van der Waals surface area contributed by atoms with E-state index in [9.17, 15) is 9.59 Å². The molecular formula is C14H10Cl2N2O4. The van der Waals surface area contributed by atoms with Crippen molar-refractivity contribution in [1.29, 1.82) is 0 Å². The molecule has 0 saturated carbocycles. The zero-order valence-electron chi connectivity index (χ0n) is 10.9. The lowest BCUT2D eigenvalue weighted by Crippen LogP contribution is -2.09. The molecule has 0 amide bonds. The van der Waals surface area contributed by atoms with Gasteiger partial charge < -0.3 is 21.1 Å². The molecular weight excluding hydrogens is 331 g/mol. The van der Waals surface area contributed by atoms with Gasteiger partial charge >= 0.3 is 11.9 Å². The van der Waals surface area contributed by atoms with Crippen LogP contribution in [0, 0.1) is 0 Å². The fourth-order valence-corrected chi connectivity index (χ4v) is 2.20. The van der Waals surface area contributed by atoms with E-state index in [1.54, 1.807) is 0 Å². The lowest BCUT2D eigenvalue weighted by atomic mass is 10.2. The molecule has 114 valence electrons. The number of nitrogens with one attached hydrogen (secondary N) is 2. The van der Waals surface area contributed by atoms with Crippen LogP contribution in [0.25, 0.3) is 0 Å². The van der Waals surface area contributed by atoms with Crippen LogP contribution in [0.2, 0.25) is 10.0 Å². The Bertz CT molecular complexity index is 686. The highest BCUT2D eigenvalue weighted by molar-refractivity contribution is 6.34. The predicted molar refractivity (Wildman–Crippen MR) is 84.1 cm³/mol. The van der Waals surface area contributed by atoms with Gasteiger partial charge in [0.25, 0.3) is 0 Å². The van der Waals surface area contributed by atoms with Gasteiger partial charge in [-0.3, -0.25) is 0 Å². The quantitative estimate of drug-likeness (QED) is 0.617. The fourth-order valence-electron chi connectivity index (χ4n) is 1.68. The van der Waals surface area contributed by atoms with E-state index in [1.807, 2.05) is 0 Å². The SMILES string of the molecule is O=C(O)c1ccc(NNc2ccc(C(=O)O)c(Cl)c2)cc1Cl. The molecule has 0 radical (unpaired) electrons. The molecule has 0 aliphatic carbocycles. The molecule has 0 aromatic heterocycles. The summed E-state index contributed by atoms with van der Waals surface area (Å²) in [6.45, 7) is 0. The monoisotopic (exact) mass is 340 g/mol. The molecule has 0 aliphatic rings. The lowest BCUT2D eigenvalue weighted by molar-refractivity contribution is 0.0686. The van der Waals surface area contributed by atoms with E-state index >= 15 is 0 Å². The molecule has 0 bridgehead atoms. The maximum absolute atomic E-state index is 10.9. The molecule has 0 heterocycles. The van der Waals surface area contributed by atoms with Gasteiger partial charge in [-0.2, -0.15) is 0 Å². The molecule has 2 rings (SSSR count). The van der Waals surface area contributed by atoms with Gasteiger partial charge in [0.1, 0.15) is 0 Å². The zero-order valence-corrected chi connectivity index (χ0v) is 12.4. The van der Waals surface area contributed by atoms with E-state index < -0.39 is 11.9 Å². The van der Waals surface area contributed by atoms with Gasteiger partial charge in [-0.25, -0.2) is 9.59 Å². The second-order valence-corrected chi connectivity index (χ2v) is 5.06. The third-order valence-electron chi connectivity index (χ3n) is 2.75. The molecule has 2 aromatic rings. The van der Waals surface area contributed by atoms with E-state index in [1.165, 1.54) is 36.4 Å². The topological polar surface area (TPSA) is 98.7 Å². The fraction of sp³-hybridized carbons (Fsp3) is 0. The van der Waals surface area contributed by atoms with Crippen LogP contribution < -0.4 is 10.9 Å². The van der Waals surface area contributed by atoms with E-state index in [4.69, 9.17) is 33.4 Å². The van der Waals surface area contributed by atoms with Crippen LogP contribution in [0.15, 0.2) is 36.4 Å². The van der Waals surface area contributed by atoms with Crippen molar-refractivity contribution in [3.05, 3.63) is 57.6 Å². The highest BCUT2D eigenvalue weighted by Gasteiger charge is 2.10. The van der Waals surface area contributed by atoms with Crippen molar-refractivity contribution in [2.45, 2.75) is 0 Å². The third-order valence-corrected chi connectivity index (χ3v) is 3.38. The summed E-state index contributed by atoms with van der Waals surface area (Å²) in [6, 6.07) is 8.71. The highest BCUT2D eigenvalue weighted by atomic mass is 35.5. The smallest absolute Gasteiger partial charge is 0.337 e. The Balaban J connectivity index is 2.10. The first-order chi connectivity index (χ1) is 10.4. The number of carboxylic acid groups (broad SMARTS) is 2. The average Bonchev–Trinajstić information content (AvgIpc) is 2.44. The molecule has 0 fully saturated rings. The summed E-state index contributed by atoms with van der Waals surface area (Å²) in [5.74, 6) is -2.22. The average molecular weight is 341 g/mol. The van der Waals surface area contributed by atoms with Crippen molar-refractivity contribution in [1.82, 2.24) is 0 Å². The highest BCUT2D eigenvalue weighted by Crippen LogP contribution is 2.23. The lowest BCUT2D eigenvalue weighted by Gasteiger charge is -2.11. The minimum atomic E-state index is -1.11. The van der Waals surface area contributed by atoms with E-state index in [0.29, 0.717) is 11.4 Å². The number of hydrazine groups is 1. The van der Waals surface area contributed by atoms with Gasteiger partial charge in [-0.15, -0.1) is 0 Å². The summed E-state index contributed by atoms with van der Waals surface area (Å²) in [7, 11) is 0. The van der Waals surface area contributed by atoms with Gasteiger partial charge in [0.2, 0.25) is 0 Å². The summed E-state index contributed by atoms with van der Waals surface area (Å²) in [6.07, 6.45) is 0. The van der Waals surface area contributed by atoms with E-state index in [-0.39, 0.29) is 21.2 Å². The minimum Gasteiger partial charge on any atom is -0.478 e. The Kier molecular flexibility index (Phi) is 4.75. The number of benzene rings is 2. The number of carboxylic acids is 2. The van der Waals surface area contributed by atoms with Crippen molar-refractivity contribution in [3.63, 3.8) is 0 Å². The summed E-state index contributed by atoms with van der Waals surface area (Å²) >= 11 is 11.7. The van der Waals surface area contributed by atoms with Crippen molar-refractivity contribution in [3.8, 4) is 0 Å². The van der Waals surface area contributed by atoms with E-state index in [0.717, 1.165) is 0 Å². The maximum Gasteiger partial charge on any atom is 0.337 e. The van der Waals surface area contributed by atoms with Gasteiger partial charge in [-0.05, 0) is 36.4 Å². The van der Waals surface area contributed by atoms with Gasteiger partial charge in [0.15, 0.2) is 0 Å². The van der Waals surface area contributed by atoms with Gasteiger partial charge in [0, 0.05) is 0 Å². The molecule has 6 nitrogen and oxygen atoms in total. The first-order valence-corrected chi connectivity index (χ1v) is 6.72. The van der Waals surface area contributed by atoms with Crippen molar-refractivity contribution in [2.75, 3.05) is 10.9 Å². The van der Waals surface area contributed by atoms with Crippen LogP contribution in [0.4, 0.5) is 11.4 Å². The number of hydrogen-bond acceptors (Lipinski definition) is 4. The molecule has 0 saturated heterocycles. The van der Waals surface area contributed by atoms with Crippen LogP contribution in [0.1, 0.15) is 20.7 Å². The molecule has 0 spiro atoms. The third kappa shape index (κ3) is 3.60. The number of rotatable bonds is 5. The Morgan fingerprint density at radius 2 is 1.14 bits per heavy atom. The summed E-state index contributed by atoms with van der Waals surface area (Å²) in [5.41, 5.74) is 6.69. The van der Waals surface area contributed by atoms with E-state index in [2.05, 4.69) is 10.9 Å². The number of halogens is 2. The molecule has 4 N–H and O–H groups in total. The predicted octanol–water partition coefficient (Wildman–Crippen LogP) is 3.83. The molecule has 0 aliphatic heterocycles. The van der Waals surface area contributed by atoms with Crippen molar-refractivity contribution < 1.29 is 19.8 Å². The van der Waals surface area contributed by atoms with Crippen molar-refractivity contribution >= 4 is 46.5 Å². The zero-order chi connectivity index (χ0) is 16.3. The first-order valence-electron chi connectivity index (χ1n) is 5.96. The number of carbonyl (C=O) groups is 2. The second kappa shape index (κ2) is 6.55. The van der Waals surface area contributed by atoms with Gasteiger partial charge in [0.05, 0.1) is 32.5 Å². The first kappa shape index (κ1) is 15.9. The molecule has 0 unspecified atom stereocenters. The summed E-state index contributed by atoms with van der Waals surface area (Å²) in [5, 5.41) is 18.0. The Labute approximate surface area is 135 Å². The van der Waals surface area contributed by atoms with Crippen LogP contribution in [0.5, 0.6) is 0 Å². The molecule has 8 heteroatoms. The van der Waals surface area contributed by atoms with Crippen LogP contribution >= 0.6 is 23.2 Å². The number of hydrogen-bond donors (Lipinski definition) is 4. The summed E-state index contributed by atoms with van der Waals surface area (Å²) < 4.78 is 0. The standard InChI is InChI=1S/C14H10Cl2N2O4/c15-11-5-7(1-3-9(11)13(19)20)17-18-8-2-4-10(14(21)22)12(16)6-8/h1-6,17-18H,(H,19,20)(H,21,22). The Hall–Kier alpha value is -2.44. The second-order valence-electron chi connectivity index (χ2n) is 4.25. The van der Waals surface area contributed by atoms with Crippen molar-refractivity contribution in [2.24, 2.45) is 0 Å². The van der Waals surface area contributed by atoms with Crippen LogP contribution in [-0.2, 0) is 0 Å². The van der Waals surface area contributed by atoms with Crippen LogP contribution in [-0.4, -0.2) is 22.2 Å².